The molecule has 3 fully saturated rings. The lowest BCUT2D eigenvalue weighted by molar-refractivity contribution is -0.136. The Hall–Kier alpha value is -4.66. The first-order valence-electron chi connectivity index (χ1n) is 22.4. The Kier molecular flexibility index (Phi) is 14.8. The van der Waals surface area contributed by atoms with E-state index in [9.17, 15) is 18.9 Å². The van der Waals surface area contributed by atoms with Gasteiger partial charge in [-0.25, -0.2) is 4.98 Å². The van der Waals surface area contributed by atoms with Crippen LogP contribution in [0.1, 0.15) is 67.3 Å². The van der Waals surface area contributed by atoms with E-state index in [0.717, 1.165) is 98.0 Å². The van der Waals surface area contributed by atoms with Gasteiger partial charge in [0.15, 0.2) is 5.82 Å². The summed E-state index contributed by atoms with van der Waals surface area (Å²) in [5.74, 6) is 1.71. The van der Waals surface area contributed by atoms with Gasteiger partial charge in [-0.15, -0.1) is 11.8 Å². The number of anilines is 5. The van der Waals surface area contributed by atoms with Gasteiger partial charge in [-0.05, 0) is 99.7 Å². The Morgan fingerprint density at radius 2 is 1.67 bits per heavy atom. The van der Waals surface area contributed by atoms with Crippen LogP contribution in [0.3, 0.4) is 0 Å². The number of nitrogens with one attached hydrogen (secondary N) is 3. The number of carbonyl (C=O) groups is 3. The molecule has 0 saturated carbocycles. The number of thioether (sulfide) groups is 1. The van der Waals surface area contributed by atoms with Gasteiger partial charge in [0.2, 0.25) is 17.8 Å². The number of nitrogens with zero attached hydrogens (tertiary/aromatic N) is 6. The van der Waals surface area contributed by atoms with E-state index in [1.807, 2.05) is 42.5 Å². The van der Waals surface area contributed by atoms with Crippen molar-refractivity contribution < 1.29 is 23.7 Å². The lowest BCUT2D eigenvalue weighted by Crippen LogP contribution is -2.53. The number of methoxy groups -OCH3 is 1. The number of piperidine rings is 2. The van der Waals surface area contributed by atoms with E-state index < -0.39 is 13.2 Å². The van der Waals surface area contributed by atoms with Crippen molar-refractivity contribution in [3.63, 3.8) is 0 Å². The summed E-state index contributed by atoms with van der Waals surface area (Å²) < 4.78 is 18.7. The Balaban J connectivity index is 0.732. The Labute approximate surface area is 385 Å². The maximum atomic E-state index is 13.2. The second-order valence-electron chi connectivity index (χ2n) is 17.4. The van der Waals surface area contributed by atoms with Gasteiger partial charge in [0, 0.05) is 85.8 Å². The summed E-state index contributed by atoms with van der Waals surface area (Å²) in [7, 11) is -0.873. The highest BCUT2D eigenvalue weighted by Crippen LogP contribution is 2.40. The van der Waals surface area contributed by atoms with Crippen LogP contribution >= 0.6 is 30.5 Å². The highest BCUT2D eigenvalue weighted by molar-refractivity contribution is 7.99. The van der Waals surface area contributed by atoms with Crippen LogP contribution in [0.4, 0.5) is 28.8 Å². The van der Waals surface area contributed by atoms with Gasteiger partial charge in [0.05, 0.1) is 24.7 Å². The quantitative estimate of drug-likeness (QED) is 0.0414. The molecule has 0 radical (unpaired) electrons. The van der Waals surface area contributed by atoms with E-state index in [1.54, 1.807) is 43.3 Å². The molecule has 3 saturated heterocycles. The monoisotopic (exact) mass is 927 g/mol. The average Bonchev–Trinajstić information content (AvgIpc) is 3.63. The van der Waals surface area contributed by atoms with Crippen LogP contribution in [0, 0.1) is 0 Å². The SMILES string of the molecule is COc1cc(N2CCC(N3CCN(CCCCCCSc4cccc5c4CN(C4CCC(=O)NC4=O)C5=O)CC3)CC2)ccc1Nc1ncc(Cl)c(Nc2ccccc2P(C)(C)=O)n1. The van der Waals surface area contributed by atoms with Crippen LogP contribution in [0.2, 0.25) is 5.02 Å². The summed E-state index contributed by atoms with van der Waals surface area (Å²) in [6.07, 6.45) is 9.17. The van der Waals surface area contributed by atoms with Crippen LogP contribution in [-0.4, -0.2) is 126 Å². The first-order chi connectivity index (χ1) is 30.9. The van der Waals surface area contributed by atoms with Crippen molar-refractivity contribution in [2.75, 3.05) is 87.5 Å². The molecular formula is C47H59ClN9O5PS. The Bertz CT molecular complexity index is 2390. The molecule has 340 valence electrons. The minimum Gasteiger partial charge on any atom is -0.494 e. The summed E-state index contributed by atoms with van der Waals surface area (Å²) >= 11 is 8.30. The fourth-order valence-corrected chi connectivity index (χ4v) is 11.7. The van der Waals surface area contributed by atoms with E-state index in [2.05, 4.69) is 58.8 Å². The number of ether oxygens (including phenoxy) is 1. The molecule has 3 N–H and O–H groups in total. The molecule has 14 nitrogen and oxygen atoms in total. The topological polar surface area (TPSA) is 152 Å². The summed E-state index contributed by atoms with van der Waals surface area (Å²) in [4.78, 5) is 56.9. The molecule has 4 aliphatic heterocycles. The van der Waals surface area contributed by atoms with Crippen molar-refractivity contribution in [3.8, 4) is 5.75 Å². The number of imide groups is 1. The molecule has 0 aliphatic carbocycles. The molecule has 17 heteroatoms. The highest BCUT2D eigenvalue weighted by atomic mass is 35.5. The zero-order valence-electron chi connectivity index (χ0n) is 37.0. The second-order valence-corrected chi connectivity index (χ2v) is 22.2. The number of hydrogen-bond acceptors (Lipinski definition) is 13. The molecule has 3 aromatic carbocycles. The minimum atomic E-state index is -2.54. The predicted octanol–water partition coefficient (Wildman–Crippen LogP) is 7.57. The number of aromatic nitrogens is 2. The number of para-hydroxylation sites is 1. The lowest BCUT2D eigenvalue weighted by atomic mass is 10.0. The van der Waals surface area contributed by atoms with Crippen molar-refractivity contribution in [1.29, 1.82) is 0 Å². The van der Waals surface area contributed by atoms with Gasteiger partial charge in [-0.2, -0.15) is 4.98 Å². The molecule has 5 heterocycles. The molecule has 1 atom stereocenters. The maximum absolute atomic E-state index is 13.2. The van der Waals surface area contributed by atoms with E-state index in [-0.39, 0.29) is 24.1 Å². The third kappa shape index (κ3) is 10.9. The van der Waals surface area contributed by atoms with Gasteiger partial charge in [0.1, 0.15) is 24.0 Å². The minimum absolute atomic E-state index is 0.115. The molecule has 8 rings (SSSR count). The average molecular weight is 929 g/mol. The zero-order valence-corrected chi connectivity index (χ0v) is 39.5. The van der Waals surface area contributed by atoms with Gasteiger partial charge in [-0.3, -0.25) is 24.6 Å². The van der Waals surface area contributed by atoms with Crippen molar-refractivity contribution in [3.05, 3.63) is 83.0 Å². The highest BCUT2D eigenvalue weighted by Gasteiger charge is 2.40. The Morgan fingerprint density at radius 3 is 2.44 bits per heavy atom. The molecule has 0 bridgehead atoms. The number of benzene rings is 3. The van der Waals surface area contributed by atoms with Crippen LogP contribution in [0.25, 0.3) is 0 Å². The fraction of sp³-hybridized carbons (Fsp3) is 0.468. The summed E-state index contributed by atoms with van der Waals surface area (Å²) in [6, 6.07) is 19.6. The molecule has 4 aliphatic rings. The van der Waals surface area contributed by atoms with Crippen LogP contribution < -0.4 is 30.9 Å². The van der Waals surface area contributed by atoms with Crippen LogP contribution in [0.15, 0.2) is 71.8 Å². The number of fused-ring (bicyclic) bond motifs is 1. The number of piperazine rings is 1. The second kappa shape index (κ2) is 20.7. The molecule has 0 spiro atoms. The van der Waals surface area contributed by atoms with Gasteiger partial charge in [-0.1, -0.05) is 42.6 Å². The first-order valence-corrected chi connectivity index (χ1v) is 26.4. The molecular weight excluding hydrogens is 869 g/mol. The standard InChI is InChI=1S/C47H59ClN9O5PS/c1-62-40-29-33(15-16-37(40)51-47-49-30-36(48)44(53-47)50-38-12-6-7-13-41(38)63(2,3)61)55-22-19-32(20-23-55)56-26-24-54(25-27-56)21-8-4-5-9-28-64-42-14-10-11-34-35(42)31-57(46(34)60)39-17-18-43(58)52-45(39)59/h6-7,10-16,29-30,32,39H,4-5,8-9,17-28,31H2,1-3H3,(H,52,58,59)(H2,49,50,51,53). The van der Waals surface area contributed by atoms with E-state index in [0.29, 0.717) is 52.8 Å². The summed E-state index contributed by atoms with van der Waals surface area (Å²) in [5, 5.41) is 10.0. The fourth-order valence-electron chi connectivity index (χ4n) is 9.30. The van der Waals surface area contributed by atoms with Crippen LogP contribution in [0.5, 0.6) is 5.75 Å². The molecule has 3 amide bonds. The largest absolute Gasteiger partial charge is 0.494 e. The van der Waals surface area contributed by atoms with Crippen LogP contribution in [-0.2, 0) is 20.7 Å². The zero-order chi connectivity index (χ0) is 44.8. The number of unbranched alkanes of at least 4 members (excludes halogenated alkanes) is 3. The first kappa shape index (κ1) is 45.9. The summed E-state index contributed by atoms with van der Waals surface area (Å²) in [6.45, 7) is 11.5. The predicted molar refractivity (Wildman–Crippen MR) is 257 cm³/mol. The summed E-state index contributed by atoms with van der Waals surface area (Å²) in [5.41, 5.74) is 4.25. The lowest BCUT2D eigenvalue weighted by Gasteiger charge is -2.43. The molecule has 1 unspecified atom stereocenters. The maximum Gasteiger partial charge on any atom is 0.255 e. The molecule has 4 aromatic rings. The van der Waals surface area contributed by atoms with Gasteiger partial charge < -0.3 is 34.6 Å². The van der Waals surface area contributed by atoms with E-state index in [1.165, 1.54) is 19.3 Å². The number of amides is 3. The number of carbonyl (C=O) groups excluding carboxylic acids is 3. The van der Waals surface area contributed by atoms with Gasteiger partial charge >= 0.3 is 0 Å². The smallest absolute Gasteiger partial charge is 0.255 e. The molecule has 64 heavy (non-hydrogen) atoms. The number of hydrogen-bond donors (Lipinski definition) is 3. The number of halogens is 1. The van der Waals surface area contributed by atoms with E-state index in [4.69, 9.17) is 16.3 Å². The van der Waals surface area contributed by atoms with Crippen molar-refractivity contribution in [2.24, 2.45) is 0 Å². The van der Waals surface area contributed by atoms with E-state index >= 15 is 0 Å². The van der Waals surface area contributed by atoms with Crippen molar-refractivity contribution in [1.82, 2.24) is 30.0 Å². The van der Waals surface area contributed by atoms with Crippen molar-refractivity contribution in [2.45, 2.75) is 74.9 Å². The third-order valence-corrected chi connectivity index (χ3v) is 15.8. The molecule has 1 aromatic heterocycles. The number of rotatable bonds is 17. The van der Waals surface area contributed by atoms with Gasteiger partial charge in [0.25, 0.3) is 5.91 Å². The third-order valence-electron chi connectivity index (χ3n) is 12.8. The Morgan fingerprint density at radius 1 is 0.891 bits per heavy atom. The van der Waals surface area contributed by atoms with Crippen molar-refractivity contribution >= 4 is 82.4 Å². The normalized spacial score (nSPS) is 18.9.